The van der Waals surface area contributed by atoms with Gasteiger partial charge in [0.1, 0.15) is 0 Å². The first-order chi connectivity index (χ1) is 14.0. The van der Waals surface area contributed by atoms with Gasteiger partial charge in [-0.15, -0.1) is 0 Å². The van der Waals surface area contributed by atoms with Crippen LogP contribution in [0.5, 0.6) is 0 Å². The van der Waals surface area contributed by atoms with Crippen LogP contribution in [0.2, 0.25) is 0 Å². The van der Waals surface area contributed by atoms with Crippen LogP contribution in [-0.4, -0.2) is 52.7 Å². The Morgan fingerprint density at radius 1 is 0.724 bits per heavy atom. The number of nitrogens with zero attached hydrogens (tertiary/aromatic N) is 3. The molecule has 0 spiro atoms. The Balaban J connectivity index is 1.43. The molecule has 0 unspecified atom stereocenters. The first-order valence-corrected chi connectivity index (χ1v) is 9.35. The zero-order valence-electron chi connectivity index (χ0n) is 15.7. The monoisotopic (exact) mass is 389 g/mol. The van der Waals surface area contributed by atoms with E-state index in [1.807, 2.05) is 42.5 Å². The number of piperazine rings is 1. The second kappa shape index (κ2) is 7.71. The third-order valence-corrected chi connectivity index (χ3v) is 5.15. The van der Waals surface area contributed by atoms with E-state index in [4.69, 9.17) is 0 Å². The van der Waals surface area contributed by atoms with Gasteiger partial charge in [0.05, 0.1) is 4.92 Å². The molecule has 1 aliphatic rings. The number of rotatable bonds is 3. The molecule has 0 aromatic heterocycles. The molecule has 7 heteroatoms. The van der Waals surface area contributed by atoms with Crippen LogP contribution < -0.4 is 0 Å². The first-order valence-electron chi connectivity index (χ1n) is 9.35. The Morgan fingerprint density at radius 3 is 1.93 bits per heavy atom. The second-order valence-corrected chi connectivity index (χ2v) is 6.95. The number of fused-ring (bicyclic) bond motifs is 1. The largest absolute Gasteiger partial charge is 0.335 e. The molecule has 1 fully saturated rings. The van der Waals surface area contributed by atoms with Crippen LogP contribution in [-0.2, 0) is 0 Å². The van der Waals surface area contributed by atoms with Gasteiger partial charge in [0, 0.05) is 49.4 Å². The fourth-order valence-electron chi connectivity index (χ4n) is 3.55. The number of nitro groups is 1. The molecule has 4 rings (SSSR count). The Kier molecular flexibility index (Phi) is 4.95. The van der Waals surface area contributed by atoms with Gasteiger partial charge in [-0.3, -0.25) is 19.7 Å². The van der Waals surface area contributed by atoms with Crippen LogP contribution in [0.3, 0.4) is 0 Å². The van der Waals surface area contributed by atoms with E-state index in [1.54, 1.807) is 15.9 Å². The van der Waals surface area contributed by atoms with Crippen LogP contribution in [0, 0.1) is 10.1 Å². The average molecular weight is 389 g/mol. The normalized spacial score (nSPS) is 14.1. The highest BCUT2D eigenvalue weighted by Gasteiger charge is 2.26. The van der Waals surface area contributed by atoms with Crippen molar-refractivity contribution in [3.63, 3.8) is 0 Å². The van der Waals surface area contributed by atoms with E-state index in [-0.39, 0.29) is 23.1 Å². The maximum absolute atomic E-state index is 12.9. The summed E-state index contributed by atoms with van der Waals surface area (Å²) in [6.45, 7) is 1.63. The molecular formula is C22H19N3O4. The number of carbonyl (C=O) groups is 2. The molecule has 146 valence electrons. The molecule has 2 amide bonds. The standard InChI is InChI=1S/C22H19N3O4/c26-21(18-6-3-7-20(15-18)25(28)29)23-10-12-24(13-11-23)22(27)19-9-8-16-4-1-2-5-17(16)14-19/h1-9,14-15H,10-13H2. The Labute approximate surface area is 167 Å². The minimum absolute atomic E-state index is 0.0572. The molecule has 0 bridgehead atoms. The smallest absolute Gasteiger partial charge is 0.270 e. The van der Waals surface area contributed by atoms with Crippen molar-refractivity contribution in [3.05, 3.63) is 88.0 Å². The quantitative estimate of drug-likeness (QED) is 0.508. The van der Waals surface area contributed by atoms with Crippen molar-refractivity contribution < 1.29 is 14.5 Å². The summed E-state index contributed by atoms with van der Waals surface area (Å²) in [7, 11) is 0. The lowest BCUT2D eigenvalue weighted by molar-refractivity contribution is -0.384. The highest BCUT2D eigenvalue weighted by molar-refractivity contribution is 5.99. The fraction of sp³-hybridized carbons (Fsp3) is 0.182. The van der Waals surface area contributed by atoms with Crippen molar-refractivity contribution in [2.45, 2.75) is 0 Å². The Morgan fingerprint density at radius 2 is 1.31 bits per heavy atom. The van der Waals surface area contributed by atoms with Gasteiger partial charge in [0.15, 0.2) is 0 Å². The highest BCUT2D eigenvalue weighted by Crippen LogP contribution is 2.19. The number of amides is 2. The van der Waals surface area contributed by atoms with Crippen molar-refractivity contribution in [2.75, 3.05) is 26.2 Å². The van der Waals surface area contributed by atoms with Crippen molar-refractivity contribution in [1.29, 1.82) is 0 Å². The lowest BCUT2D eigenvalue weighted by Crippen LogP contribution is -2.50. The number of carbonyl (C=O) groups excluding carboxylic acids is 2. The maximum atomic E-state index is 12.9. The van der Waals surface area contributed by atoms with Gasteiger partial charge < -0.3 is 9.80 Å². The summed E-state index contributed by atoms with van der Waals surface area (Å²) < 4.78 is 0. The van der Waals surface area contributed by atoms with Crippen molar-refractivity contribution >= 4 is 28.3 Å². The average Bonchev–Trinajstić information content (AvgIpc) is 2.78. The molecule has 0 aliphatic carbocycles. The fourth-order valence-corrected chi connectivity index (χ4v) is 3.55. The molecule has 3 aromatic rings. The number of nitro benzene ring substituents is 1. The minimum Gasteiger partial charge on any atom is -0.335 e. The molecule has 0 radical (unpaired) electrons. The summed E-state index contributed by atoms with van der Waals surface area (Å²) in [4.78, 5) is 39.3. The molecule has 3 aromatic carbocycles. The Bertz CT molecular complexity index is 1100. The summed E-state index contributed by atoms with van der Waals surface area (Å²) in [6.07, 6.45) is 0. The van der Waals surface area contributed by atoms with E-state index in [9.17, 15) is 19.7 Å². The van der Waals surface area contributed by atoms with Crippen molar-refractivity contribution in [2.24, 2.45) is 0 Å². The number of hydrogen-bond acceptors (Lipinski definition) is 4. The van der Waals surface area contributed by atoms with Gasteiger partial charge in [-0.05, 0) is 29.0 Å². The van der Waals surface area contributed by atoms with Gasteiger partial charge in [-0.1, -0.05) is 36.4 Å². The van der Waals surface area contributed by atoms with Gasteiger partial charge >= 0.3 is 0 Å². The van der Waals surface area contributed by atoms with E-state index in [2.05, 4.69) is 0 Å². The van der Waals surface area contributed by atoms with E-state index in [0.29, 0.717) is 31.7 Å². The summed E-state index contributed by atoms with van der Waals surface area (Å²) in [6, 6.07) is 19.2. The summed E-state index contributed by atoms with van der Waals surface area (Å²) >= 11 is 0. The SMILES string of the molecule is O=C(c1cccc([N+](=O)[O-])c1)N1CCN(C(=O)c2ccc3ccccc3c2)CC1. The molecule has 0 atom stereocenters. The molecule has 1 aliphatic heterocycles. The third-order valence-electron chi connectivity index (χ3n) is 5.15. The summed E-state index contributed by atoms with van der Waals surface area (Å²) in [5.41, 5.74) is 0.802. The van der Waals surface area contributed by atoms with E-state index in [1.165, 1.54) is 18.2 Å². The zero-order valence-corrected chi connectivity index (χ0v) is 15.7. The lowest BCUT2D eigenvalue weighted by atomic mass is 10.1. The molecule has 0 saturated carbocycles. The van der Waals surface area contributed by atoms with E-state index >= 15 is 0 Å². The molecule has 0 N–H and O–H groups in total. The topological polar surface area (TPSA) is 83.8 Å². The van der Waals surface area contributed by atoms with E-state index < -0.39 is 4.92 Å². The predicted octanol–water partition coefficient (Wildman–Crippen LogP) is 3.35. The molecule has 7 nitrogen and oxygen atoms in total. The third kappa shape index (κ3) is 3.80. The number of benzene rings is 3. The van der Waals surface area contributed by atoms with Gasteiger partial charge in [0.2, 0.25) is 0 Å². The van der Waals surface area contributed by atoms with Gasteiger partial charge in [-0.2, -0.15) is 0 Å². The van der Waals surface area contributed by atoms with Crippen LogP contribution in [0.15, 0.2) is 66.7 Å². The predicted molar refractivity (Wildman–Crippen MR) is 109 cm³/mol. The highest BCUT2D eigenvalue weighted by atomic mass is 16.6. The maximum Gasteiger partial charge on any atom is 0.270 e. The van der Waals surface area contributed by atoms with E-state index in [0.717, 1.165) is 10.8 Å². The lowest BCUT2D eigenvalue weighted by Gasteiger charge is -2.35. The molecule has 1 heterocycles. The zero-order chi connectivity index (χ0) is 20.4. The van der Waals surface area contributed by atoms with Crippen molar-refractivity contribution in [1.82, 2.24) is 9.80 Å². The minimum atomic E-state index is -0.517. The van der Waals surface area contributed by atoms with Crippen LogP contribution in [0.1, 0.15) is 20.7 Å². The van der Waals surface area contributed by atoms with Crippen molar-refractivity contribution in [3.8, 4) is 0 Å². The molecular weight excluding hydrogens is 370 g/mol. The number of hydrogen-bond donors (Lipinski definition) is 0. The molecule has 29 heavy (non-hydrogen) atoms. The summed E-state index contributed by atoms with van der Waals surface area (Å²) in [5.74, 6) is -0.315. The Hall–Kier alpha value is -3.74. The first kappa shape index (κ1) is 18.6. The number of non-ortho nitro benzene ring substituents is 1. The molecule has 1 saturated heterocycles. The summed E-state index contributed by atoms with van der Waals surface area (Å²) in [5, 5.41) is 13.0. The van der Waals surface area contributed by atoms with Gasteiger partial charge in [0.25, 0.3) is 17.5 Å². The van der Waals surface area contributed by atoms with Crippen LogP contribution >= 0.6 is 0 Å². The van der Waals surface area contributed by atoms with Crippen LogP contribution in [0.4, 0.5) is 5.69 Å². The van der Waals surface area contributed by atoms with Crippen LogP contribution in [0.25, 0.3) is 10.8 Å². The second-order valence-electron chi connectivity index (χ2n) is 6.95. The van der Waals surface area contributed by atoms with Gasteiger partial charge in [-0.25, -0.2) is 0 Å².